The van der Waals surface area contributed by atoms with Crippen LogP contribution in [0.5, 0.6) is 0 Å². The van der Waals surface area contributed by atoms with E-state index in [1.54, 1.807) is 0 Å². The first kappa shape index (κ1) is 14.5. The SMILES string of the molecule is CC(CCn1cccn1)NC[C@H]1CCO[C@@H]1C(C)C. The maximum atomic E-state index is 5.82. The van der Waals surface area contributed by atoms with Gasteiger partial charge < -0.3 is 10.1 Å². The Hall–Kier alpha value is -0.870. The molecule has 1 N–H and O–H groups in total. The predicted molar refractivity (Wildman–Crippen MR) is 77.0 cm³/mol. The van der Waals surface area contributed by atoms with E-state index in [0.29, 0.717) is 24.0 Å². The molecule has 1 aromatic rings. The molecule has 1 aliphatic rings. The molecule has 4 heteroatoms. The molecule has 0 amide bonds. The Labute approximate surface area is 116 Å². The van der Waals surface area contributed by atoms with Crippen molar-refractivity contribution >= 4 is 0 Å². The predicted octanol–water partition coefficient (Wildman–Crippen LogP) is 2.31. The first-order valence-electron chi connectivity index (χ1n) is 7.49. The molecule has 1 aromatic heterocycles. The molecule has 0 bridgehead atoms. The lowest BCUT2D eigenvalue weighted by Gasteiger charge is -2.24. The number of aromatic nitrogens is 2. The molecule has 0 aliphatic carbocycles. The van der Waals surface area contributed by atoms with Crippen molar-refractivity contribution in [1.29, 1.82) is 0 Å². The zero-order valence-corrected chi connectivity index (χ0v) is 12.4. The highest BCUT2D eigenvalue weighted by molar-refractivity contribution is 4.82. The summed E-state index contributed by atoms with van der Waals surface area (Å²) < 4.78 is 7.82. The molecule has 1 aliphatic heterocycles. The van der Waals surface area contributed by atoms with Gasteiger partial charge in [-0.2, -0.15) is 5.10 Å². The lowest BCUT2D eigenvalue weighted by atomic mass is 9.93. The monoisotopic (exact) mass is 265 g/mol. The number of rotatable bonds is 7. The molecular formula is C15H27N3O. The van der Waals surface area contributed by atoms with Crippen molar-refractivity contribution in [3.8, 4) is 0 Å². The van der Waals surface area contributed by atoms with E-state index in [0.717, 1.165) is 26.1 Å². The summed E-state index contributed by atoms with van der Waals surface area (Å²) in [5.41, 5.74) is 0. The van der Waals surface area contributed by atoms with E-state index in [-0.39, 0.29) is 0 Å². The molecule has 108 valence electrons. The van der Waals surface area contributed by atoms with Crippen molar-refractivity contribution in [2.75, 3.05) is 13.2 Å². The molecular weight excluding hydrogens is 238 g/mol. The summed E-state index contributed by atoms with van der Waals surface area (Å²) in [5, 5.41) is 7.88. The zero-order chi connectivity index (χ0) is 13.7. The molecule has 0 saturated carbocycles. The number of hydrogen-bond donors (Lipinski definition) is 1. The number of ether oxygens (including phenoxy) is 1. The standard InChI is InChI=1S/C15H27N3O/c1-12(2)15-14(6-10-19-15)11-16-13(3)5-9-18-8-4-7-17-18/h4,7-8,12-16H,5-6,9-11H2,1-3H3/t13?,14-,15-/m1/s1. The maximum Gasteiger partial charge on any atom is 0.0639 e. The summed E-state index contributed by atoms with van der Waals surface area (Å²) in [4.78, 5) is 0. The van der Waals surface area contributed by atoms with Crippen LogP contribution in [0.4, 0.5) is 0 Å². The van der Waals surface area contributed by atoms with Gasteiger partial charge in [0.25, 0.3) is 0 Å². The van der Waals surface area contributed by atoms with Crippen LogP contribution < -0.4 is 5.32 Å². The van der Waals surface area contributed by atoms with E-state index in [1.807, 2.05) is 23.1 Å². The van der Waals surface area contributed by atoms with E-state index >= 15 is 0 Å². The van der Waals surface area contributed by atoms with Gasteiger partial charge in [-0.25, -0.2) is 0 Å². The fourth-order valence-corrected chi connectivity index (χ4v) is 2.82. The van der Waals surface area contributed by atoms with Crippen molar-refractivity contribution in [1.82, 2.24) is 15.1 Å². The van der Waals surface area contributed by atoms with Crippen LogP contribution in [0.25, 0.3) is 0 Å². The number of aryl methyl sites for hydroxylation is 1. The van der Waals surface area contributed by atoms with Gasteiger partial charge in [0.1, 0.15) is 0 Å². The lowest BCUT2D eigenvalue weighted by Crippen LogP contribution is -2.36. The van der Waals surface area contributed by atoms with Crippen LogP contribution in [0.2, 0.25) is 0 Å². The average Bonchev–Trinajstić information content (AvgIpc) is 3.04. The zero-order valence-electron chi connectivity index (χ0n) is 12.4. The first-order chi connectivity index (χ1) is 9.16. The van der Waals surface area contributed by atoms with Crippen molar-refractivity contribution in [2.24, 2.45) is 11.8 Å². The molecule has 4 nitrogen and oxygen atoms in total. The number of nitrogens with one attached hydrogen (secondary N) is 1. The number of nitrogens with zero attached hydrogens (tertiary/aromatic N) is 2. The molecule has 1 fully saturated rings. The van der Waals surface area contributed by atoms with Crippen molar-refractivity contribution in [2.45, 2.75) is 52.3 Å². The molecule has 19 heavy (non-hydrogen) atoms. The Morgan fingerprint density at radius 2 is 2.26 bits per heavy atom. The van der Waals surface area contributed by atoms with Gasteiger partial charge >= 0.3 is 0 Å². The van der Waals surface area contributed by atoms with Crippen LogP contribution in [-0.4, -0.2) is 35.1 Å². The molecule has 2 heterocycles. The fourth-order valence-electron chi connectivity index (χ4n) is 2.82. The highest BCUT2D eigenvalue weighted by Crippen LogP contribution is 2.26. The second kappa shape index (κ2) is 7.06. The highest BCUT2D eigenvalue weighted by atomic mass is 16.5. The summed E-state index contributed by atoms with van der Waals surface area (Å²) in [6.45, 7) is 9.74. The van der Waals surface area contributed by atoms with E-state index in [4.69, 9.17) is 4.74 Å². The van der Waals surface area contributed by atoms with Gasteiger partial charge in [0.15, 0.2) is 0 Å². The molecule has 1 unspecified atom stereocenters. The average molecular weight is 265 g/mol. The van der Waals surface area contributed by atoms with Crippen LogP contribution in [-0.2, 0) is 11.3 Å². The van der Waals surface area contributed by atoms with Crippen LogP contribution in [0.3, 0.4) is 0 Å². The van der Waals surface area contributed by atoms with E-state index in [2.05, 4.69) is 31.2 Å². The van der Waals surface area contributed by atoms with Crippen LogP contribution in [0.15, 0.2) is 18.5 Å². The quantitative estimate of drug-likeness (QED) is 0.822. The van der Waals surface area contributed by atoms with Gasteiger partial charge in [-0.15, -0.1) is 0 Å². The third-order valence-corrected chi connectivity index (χ3v) is 4.00. The van der Waals surface area contributed by atoms with Crippen LogP contribution in [0.1, 0.15) is 33.6 Å². The van der Waals surface area contributed by atoms with Crippen LogP contribution in [0, 0.1) is 11.8 Å². The minimum atomic E-state index is 0.436. The van der Waals surface area contributed by atoms with Gasteiger partial charge in [0.05, 0.1) is 6.10 Å². The molecule has 0 spiro atoms. The summed E-state index contributed by atoms with van der Waals surface area (Å²) in [6.07, 6.45) is 6.60. The van der Waals surface area contributed by atoms with E-state index < -0.39 is 0 Å². The second-order valence-corrected chi connectivity index (χ2v) is 6.00. The molecule has 0 aromatic carbocycles. The number of hydrogen-bond acceptors (Lipinski definition) is 3. The Kier molecular flexibility index (Phi) is 5.40. The van der Waals surface area contributed by atoms with Crippen LogP contribution >= 0.6 is 0 Å². The second-order valence-electron chi connectivity index (χ2n) is 6.00. The Bertz CT molecular complexity index is 350. The van der Waals surface area contributed by atoms with Gasteiger partial charge in [-0.05, 0) is 37.7 Å². The minimum absolute atomic E-state index is 0.436. The van der Waals surface area contributed by atoms with E-state index in [1.165, 1.54) is 6.42 Å². The van der Waals surface area contributed by atoms with Crippen molar-refractivity contribution in [3.05, 3.63) is 18.5 Å². The molecule has 1 saturated heterocycles. The van der Waals surface area contributed by atoms with Crippen molar-refractivity contribution < 1.29 is 4.74 Å². The smallest absolute Gasteiger partial charge is 0.0639 e. The van der Waals surface area contributed by atoms with Gasteiger partial charge in [-0.1, -0.05) is 13.8 Å². The summed E-state index contributed by atoms with van der Waals surface area (Å²) in [6, 6.07) is 2.50. The third-order valence-electron chi connectivity index (χ3n) is 4.00. The molecule has 3 atom stereocenters. The minimum Gasteiger partial charge on any atom is -0.378 e. The first-order valence-corrected chi connectivity index (χ1v) is 7.49. The summed E-state index contributed by atoms with van der Waals surface area (Å²) in [7, 11) is 0. The summed E-state index contributed by atoms with van der Waals surface area (Å²) >= 11 is 0. The van der Waals surface area contributed by atoms with Gasteiger partial charge in [0, 0.05) is 38.1 Å². The van der Waals surface area contributed by atoms with Gasteiger partial charge in [0.2, 0.25) is 0 Å². The largest absolute Gasteiger partial charge is 0.378 e. The topological polar surface area (TPSA) is 39.1 Å². The Balaban J connectivity index is 1.67. The fraction of sp³-hybridized carbons (Fsp3) is 0.800. The summed E-state index contributed by atoms with van der Waals surface area (Å²) in [5.74, 6) is 1.29. The third kappa shape index (κ3) is 4.32. The Morgan fingerprint density at radius 3 is 2.95 bits per heavy atom. The molecule has 0 radical (unpaired) electrons. The lowest BCUT2D eigenvalue weighted by molar-refractivity contribution is 0.0534. The molecule has 2 rings (SSSR count). The maximum absolute atomic E-state index is 5.82. The Morgan fingerprint density at radius 1 is 1.42 bits per heavy atom. The van der Waals surface area contributed by atoms with Crippen molar-refractivity contribution in [3.63, 3.8) is 0 Å². The van der Waals surface area contributed by atoms with Gasteiger partial charge in [-0.3, -0.25) is 4.68 Å². The van der Waals surface area contributed by atoms with E-state index in [9.17, 15) is 0 Å². The normalized spacial score (nSPS) is 25.1. The highest BCUT2D eigenvalue weighted by Gasteiger charge is 2.30.